The average Bonchev–Trinajstić information content (AvgIpc) is 3.14. The lowest BCUT2D eigenvalue weighted by Crippen LogP contribution is -2.30. The molecular weight excluding hydrogens is 343 g/mol. The second-order valence-corrected chi connectivity index (χ2v) is 6.32. The van der Waals surface area contributed by atoms with Crippen molar-refractivity contribution in [3.05, 3.63) is 58.0 Å². The summed E-state index contributed by atoms with van der Waals surface area (Å²) >= 11 is 1.36. The molecule has 1 aromatic heterocycles. The number of thiophene rings is 1. The number of ketones is 1. The van der Waals surface area contributed by atoms with Gasteiger partial charge in [0.15, 0.2) is 5.78 Å². The Morgan fingerprint density at radius 1 is 1.00 bits per heavy atom. The third-order valence-corrected chi connectivity index (χ3v) is 4.33. The highest BCUT2D eigenvalue weighted by molar-refractivity contribution is 7.12. The number of rotatable bonds is 9. The Morgan fingerprint density at radius 3 is 2.52 bits per heavy atom. The van der Waals surface area contributed by atoms with Crippen LogP contribution in [0.25, 0.3) is 0 Å². The third-order valence-electron chi connectivity index (χ3n) is 3.42. The predicted octanol–water partition coefficient (Wildman–Crippen LogP) is 2.79. The van der Waals surface area contributed by atoms with E-state index in [1.54, 1.807) is 12.1 Å². The average molecular weight is 362 g/mol. The van der Waals surface area contributed by atoms with Gasteiger partial charge in [0.25, 0.3) is 5.91 Å². The van der Waals surface area contributed by atoms with Gasteiger partial charge in [-0.2, -0.15) is 0 Å². The van der Waals surface area contributed by atoms with Crippen LogP contribution in [-0.2, 0) is 4.79 Å². The monoisotopic (exact) mass is 362 g/mol. The maximum atomic E-state index is 13.0. The molecular formula is C18H19FN2O3S. The van der Waals surface area contributed by atoms with Gasteiger partial charge in [-0.1, -0.05) is 12.1 Å². The fourth-order valence-corrected chi connectivity index (χ4v) is 2.82. The molecule has 1 aromatic carbocycles. The van der Waals surface area contributed by atoms with Crippen LogP contribution in [0.1, 0.15) is 39.3 Å². The highest BCUT2D eigenvalue weighted by atomic mass is 32.1. The molecule has 0 saturated carbocycles. The van der Waals surface area contributed by atoms with Gasteiger partial charge in [-0.3, -0.25) is 14.4 Å². The number of Topliss-reactive ketones (excluding diaryl/α,β-unsaturated/α-hetero) is 1. The van der Waals surface area contributed by atoms with E-state index in [0.717, 1.165) is 0 Å². The highest BCUT2D eigenvalue weighted by Crippen LogP contribution is 2.12. The van der Waals surface area contributed by atoms with E-state index >= 15 is 0 Å². The normalized spacial score (nSPS) is 10.3. The predicted molar refractivity (Wildman–Crippen MR) is 94.2 cm³/mol. The summed E-state index contributed by atoms with van der Waals surface area (Å²) in [6.45, 7) is 0.763. The molecule has 0 unspecified atom stereocenters. The smallest absolute Gasteiger partial charge is 0.251 e. The summed E-state index contributed by atoms with van der Waals surface area (Å²) in [5, 5.41) is 7.19. The number of carbonyl (C=O) groups excluding carboxylic acids is 3. The molecule has 2 aromatic rings. The topological polar surface area (TPSA) is 75.3 Å². The van der Waals surface area contributed by atoms with Gasteiger partial charge in [0, 0.05) is 31.5 Å². The summed E-state index contributed by atoms with van der Waals surface area (Å²) in [4.78, 5) is 35.9. The Hall–Kier alpha value is -2.54. The number of nitrogens with one attached hydrogen (secondary N) is 2. The molecule has 7 heteroatoms. The second-order valence-electron chi connectivity index (χ2n) is 5.37. The Balaban J connectivity index is 1.57. The minimum absolute atomic E-state index is 0.0347. The summed E-state index contributed by atoms with van der Waals surface area (Å²) in [7, 11) is 0. The molecule has 0 bridgehead atoms. The summed E-state index contributed by atoms with van der Waals surface area (Å²) in [5.74, 6) is -1.04. The molecule has 0 radical (unpaired) electrons. The van der Waals surface area contributed by atoms with Gasteiger partial charge in [-0.25, -0.2) is 4.39 Å². The van der Waals surface area contributed by atoms with E-state index in [0.29, 0.717) is 24.4 Å². The standard InChI is InChI=1S/C18H19FN2O3S/c19-14-5-1-4-13(12-14)18(24)21-10-3-9-20-17(23)8-7-15(22)16-6-2-11-25-16/h1-2,4-6,11-12H,3,7-10H2,(H,20,23)(H,21,24). The molecule has 0 saturated heterocycles. The molecule has 0 aliphatic rings. The minimum Gasteiger partial charge on any atom is -0.356 e. The first kappa shape index (κ1) is 18.8. The number of halogens is 1. The number of hydrogen-bond acceptors (Lipinski definition) is 4. The lowest BCUT2D eigenvalue weighted by molar-refractivity contribution is -0.121. The van der Waals surface area contributed by atoms with Crippen LogP contribution in [0.2, 0.25) is 0 Å². The minimum atomic E-state index is -0.461. The Morgan fingerprint density at radius 2 is 1.80 bits per heavy atom. The molecule has 5 nitrogen and oxygen atoms in total. The van der Waals surface area contributed by atoms with Gasteiger partial charge < -0.3 is 10.6 Å². The van der Waals surface area contributed by atoms with E-state index in [-0.39, 0.29) is 36.0 Å². The maximum absolute atomic E-state index is 13.0. The van der Waals surface area contributed by atoms with Crippen LogP contribution >= 0.6 is 11.3 Å². The van der Waals surface area contributed by atoms with Crippen LogP contribution < -0.4 is 10.6 Å². The summed E-state index contributed by atoms with van der Waals surface area (Å²) in [6.07, 6.45) is 0.876. The number of hydrogen-bond donors (Lipinski definition) is 2. The van der Waals surface area contributed by atoms with Gasteiger partial charge >= 0.3 is 0 Å². The van der Waals surface area contributed by atoms with Crippen molar-refractivity contribution < 1.29 is 18.8 Å². The van der Waals surface area contributed by atoms with E-state index < -0.39 is 5.82 Å². The quantitative estimate of drug-likeness (QED) is 0.532. The molecule has 2 rings (SSSR count). The molecule has 2 amide bonds. The van der Waals surface area contributed by atoms with E-state index in [1.165, 1.54) is 35.6 Å². The lowest BCUT2D eigenvalue weighted by Gasteiger charge is -2.07. The zero-order valence-electron chi connectivity index (χ0n) is 13.6. The number of benzene rings is 1. The SMILES string of the molecule is O=C(CCC(=O)c1cccs1)NCCCNC(=O)c1cccc(F)c1. The van der Waals surface area contributed by atoms with Crippen LogP contribution in [-0.4, -0.2) is 30.7 Å². The first-order valence-electron chi connectivity index (χ1n) is 7.93. The van der Waals surface area contributed by atoms with Gasteiger partial charge in [-0.15, -0.1) is 11.3 Å². The Bertz CT molecular complexity index is 732. The number of carbonyl (C=O) groups is 3. The molecule has 0 fully saturated rings. The van der Waals surface area contributed by atoms with Crippen LogP contribution in [0, 0.1) is 5.82 Å². The fourth-order valence-electron chi connectivity index (χ4n) is 2.13. The van der Waals surface area contributed by atoms with E-state index in [4.69, 9.17) is 0 Å². The molecule has 0 spiro atoms. The maximum Gasteiger partial charge on any atom is 0.251 e. The Kier molecular flexibility index (Phi) is 7.28. The summed E-state index contributed by atoms with van der Waals surface area (Å²) in [6, 6.07) is 8.99. The third kappa shape index (κ3) is 6.46. The van der Waals surface area contributed by atoms with Crippen LogP contribution in [0.3, 0.4) is 0 Å². The van der Waals surface area contributed by atoms with E-state index in [2.05, 4.69) is 10.6 Å². The van der Waals surface area contributed by atoms with Crippen molar-refractivity contribution >= 4 is 28.9 Å². The summed E-state index contributed by atoms with van der Waals surface area (Å²) in [5.41, 5.74) is 0.260. The first-order chi connectivity index (χ1) is 12.1. The van der Waals surface area contributed by atoms with Gasteiger partial charge in [0.05, 0.1) is 4.88 Å². The molecule has 1 heterocycles. The molecule has 0 atom stereocenters. The molecule has 132 valence electrons. The molecule has 25 heavy (non-hydrogen) atoms. The van der Waals surface area contributed by atoms with Crippen molar-refractivity contribution in [1.82, 2.24) is 10.6 Å². The van der Waals surface area contributed by atoms with Crippen molar-refractivity contribution in [2.45, 2.75) is 19.3 Å². The molecule has 2 N–H and O–H groups in total. The van der Waals surface area contributed by atoms with Gasteiger partial charge in [-0.05, 0) is 36.1 Å². The number of amides is 2. The lowest BCUT2D eigenvalue weighted by atomic mass is 10.2. The largest absolute Gasteiger partial charge is 0.356 e. The van der Waals surface area contributed by atoms with Crippen molar-refractivity contribution in [3.63, 3.8) is 0 Å². The van der Waals surface area contributed by atoms with Crippen LogP contribution in [0.15, 0.2) is 41.8 Å². The second kappa shape index (κ2) is 9.68. The van der Waals surface area contributed by atoms with Crippen molar-refractivity contribution in [3.8, 4) is 0 Å². The zero-order valence-corrected chi connectivity index (χ0v) is 14.4. The van der Waals surface area contributed by atoms with Crippen LogP contribution in [0.4, 0.5) is 4.39 Å². The molecule has 0 aliphatic carbocycles. The molecule has 0 aliphatic heterocycles. The van der Waals surface area contributed by atoms with E-state index in [1.807, 2.05) is 5.38 Å². The fraction of sp³-hybridized carbons (Fsp3) is 0.278. The Labute approximate surface area is 149 Å². The summed E-state index contributed by atoms with van der Waals surface area (Å²) < 4.78 is 13.0. The van der Waals surface area contributed by atoms with Crippen molar-refractivity contribution in [2.75, 3.05) is 13.1 Å². The van der Waals surface area contributed by atoms with Crippen molar-refractivity contribution in [1.29, 1.82) is 0 Å². The van der Waals surface area contributed by atoms with E-state index in [9.17, 15) is 18.8 Å². The first-order valence-corrected chi connectivity index (χ1v) is 8.81. The highest BCUT2D eigenvalue weighted by Gasteiger charge is 2.10. The van der Waals surface area contributed by atoms with Gasteiger partial charge in [0.1, 0.15) is 5.82 Å². The van der Waals surface area contributed by atoms with Gasteiger partial charge in [0.2, 0.25) is 5.91 Å². The zero-order chi connectivity index (χ0) is 18.1. The van der Waals surface area contributed by atoms with Crippen molar-refractivity contribution in [2.24, 2.45) is 0 Å². The van der Waals surface area contributed by atoms with Crippen LogP contribution in [0.5, 0.6) is 0 Å².